The number of aryl methyl sites for hydroxylation is 2. The van der Waals surface area contributed by atoms with E-state index in [9.17, 15) is 9.59 Å². The number of amides is 1. The van der Waals surface area contributed by atoms with Gasteiger partial charge in [-0.15, -0.1) is 0 Å². The number of aliphatic carboxylic acids is 1. The van der Waals surface area contributed by atoms with Gasteiger partial charge >= 0.3 is 5.97 Å². The summed E-state index contributed by atoms with van der Waals surface area (Å²) < 4.78 is 0. The van der Waals surface area contributed by atoms with Crippen molar-refractivity contribution in [1.29, 1.82) is 0 Å². The molecule has 5 heteroatoms. The molecule has 110 valence electrons. The lowest BCUT2D eigenvalue weighted by Gasteiger charge is -2.17. The summed E-state index contributed by atoms with van der Waals surface area (Å²) in [5, 5.41) is 11.7. The Morgan fingerprint density at radius 1 is 1.30 bits per heavy atom. The number of nitrogens with one attached hydrogen (secondary N) is 1. The van der Waals surface area contributed by atoms with Crippen molar-refractivity contribution in [1.82, 2.24) is 10.3 Å². The highest BCUT2D eigenvalue weighted by atomic mass is 16.4. The van der Waals surface area contributed by atoms with Crippen LogP contribution in [0.4, 0.5) is 0 Å². The molecular weight excluding hydrogens is 256 g/mol. The van der Waals surface area contributed by atoms with Crippen LogP contribution in [0.2, 0.25) is 0 Å². The molecule has 0 aromatic carbocycles. The molecule has 0 unspecified atom stereocenters. The maximum Gasteiger partial charge on any atom is 0.305 e. The molecule has 1 amide bonds. The number of hydrogen-bond acceptors (Lipinski definition) is 3. The van der Waals surface area contributed by atoms with Crippen LogP contribution in [0.25, 0.3) is 0 Å². The third-order valence-electron chi connectivity index (χ3n) is 3.01. The molecule has 0 aliphatic heterocycles. The van der Waals surface area contributed by atoms with Crippen molar-refractivity contribution in [3.8, 4) is 0 Å². The van der Waals surface area contributed by atoms with Gasteiger partial charge in [-0.2, -0.15) is 0 Å². The van der Waals surface area contributed by atoms with Crippen LogP contribution in [0, 0.1) is 13.8 Å². The normalized spacial score (nSPS) is 11.9. The van der Waals surface area contributed by atoms with Crippen molar-refractivity contribution in [2.45, 2.75) is 52.5 Å². The highest BCUT2D eigenvalue weighted by molar-refractivity contribution is 5.94. The first-order valence-electron chi connectivity index (χ1n) is 6.90. The SMILES string of the molecule is CCCC[C@H](CC(=O)O)NC(=O)c1cc(C)nc(C)c1. The van der Waals surface area contributed by atoms with E-state index in [0.717, 1.165) is 24.2 Å². The van der Waals surface area contributed by atoms with E-state index in [1.54, 1.807) is 12.1 Å². The molecule has 0 aliphatic rings. The number of nitrogens with zero attached hydrogens (tertiary/aromatic N) is 1. The number of hydrogen-bond donors (Lipinski definition) is 2. The summed E-state index contributed by atoms with van der Waals surface area (Å²) in [5.74, 6) is -1.13. The van der Waals surface area contributed by atoms with Crippen LogP contribution in [0.15, 0.2) is 12.1 Å². The predicted octanol–water partition coefficient (Wildman–Crippen LogP) is 2.46. The lowest BCUT2D eigenvalue weighted by Crippen LogP contribution is -2.36. The molecule has 1 atom stereocenters. The Labute approximate surface area is 119 Å². The Bertz CT molecular complexity index is 466. The van der Waals surface area contributed by atoms with Gasteiger partial charge in [-0.1, -0.05) is 19.8 Å². The molecule has 1 aromatic heterocycles. The van der Waals surface area contributed by atoms with Crippen LogP contribution in [0.5, 0.6) is 0 Å². The standard InChI is InChI=1S/C15H22N2O3/c1-4-5-6-13(9-14(18)19)17-15(20)12-7-10(2)16-11(3)8-12/h7-8,13H,4-6,9H2,1-3H3,(H,17,20)(H,18,19)/t13-/m1/s1. The summed E-state index contributed by atoms with van der Waals surface area (Å²) in [4.78, 5) is 27.2. The van der Waals surface area contributed by atoms with Gasteiger partial charge in [-0.05, 0) is 32.4 Å². The van der Waals surface area contributed by atoms with Crippen molar-refractivity contribution in [3.63, 3.8) is 0 Å². The fourth-order valence-electron chi connectivity index (χ4n) is 2.12. The average molecular weight is 278 g/mol. The molecule has 2 N–H and O–H groups in total. The van der Waals surface area contributed by atoms with E-state index in [2.05, 4.69) is 10.3 Å². The summed E-state index contributed by atoms with van der Waals surface area (Å²) in [6, 6.07) is 3.09. The Morgan fingerprint density at radius 2 is 1.90 bits per heavy atom. The van der Waals surface area contributed by atoms with Crippen LogP contribution in [-0.2, 0) is 4.79 Å². The molecule has 0 saturated heterocycles. The predicted molar refractivity (Wildman–Crippen MR) is 76.7 cm³/mol. The molecule has 1 heterocycles. The highest BCUT2D eigenvalue weighted by Crippen LogP contribution is 2.09. The number of aromatic nitrogens is 1. The molecule has 0 fully saturated rings. The molecular formula is C15H22N2O3. The quantitative estimate of drug-likeness (QED) is 0.803. The fourth-order valence-corrected chi connectivity index (χ4v) is 2.12. The topological polar surface area (TPSA) is 79.3 Å². The summed E-state index contributed by atoms with van der Waals surface area (Å²) >= 11 is 0. The van der Waals surface area contributed by atoms with Gasteiger partial charge in [0.25, 0.3) is 5.91 Å². The van der Waals surface area contributed by atoms with E-state index in [1.807, 2.05) is 20.8 Å². The molecule has 0 saturated carbocycles. The van der Waals surface area contributed by atoms with Gasteiger partial charge < -0.3 is 10.4 Å². The first-order chi connectivity index (χ1) is 9.42. The van der Waals surface area contributed by atoms with Gasteiger partial charge in [0.1, 0.15) is 0 Å². The van der Waals surface area contributed by atoms with E-state index < -0.39 is 5.97 Å². The second-order valence-corrected chi connectivity index (χ2v) is 5.05. The average Bonchev–Trinajstić information content (AvgIpc) is 2.34. The molecule has 0 aliphatic carbocycles. The third-order valence-corrected chi connectivity index (χ3v) is 3.01. The van der Waals surface area contributed by atoms with Gasteiger partial charge in [-0.3, -0.25) is 14.6 Å². The van der Waals surface area contributed by atoms with Crippen LogP contribution >= 0.6 is 0 Å². The summed E-state index contributed by atoms with van der Waals surface area (Å²) in [7, 11) is 0. The molecule has 0 bridgehead atoms. The van der Waals surface area contributed by atoms with Crippen LogP contribution in [0.3, 0.4) is 0 Å². The lowest BCUT2D eigenvalue weighted by atomic mass is 10.1. The van der Waals surface area contributed by atoms with Crippen molar-refractivity contribution < 1.29 is 14.7 Å². The van der Waals surface area contributed by atoms with Crippen LogP contribution in [0.1, 0.15) is 54.4 Å². The van der Waals surface area contributed by atoms with Crippen LogP contribution in [-0.4, -0.2) is 28.0 Å². The lowest BCUT2D eigenvalue weighted by molar-refractivity contribution is -0.137. The minimum atomic E-state index is -0.895. The Morgan fingerprint density at radius 3 is 2.40 bits per heavy atom. The van der Waals surface area contributed by atoms with E-state index in [0.29, 0.717) is 12.0 Å². The number of carboxylic acid groups (broad SMARTS) is 1. The minimum absolute atomic E-state index is 0.0468. The maximum atomic E-state index is 12.2. The summed E-state index contributed by atoms with van der Waals surface area (Å²) in [6.07, 6.45) is 2.50. The Kier molecular flexibility index (Phi) is 6.15. The minimum Gasteiger partial charge on any atom is -0.481 e. The number of carboxylic acids is 1. The van der Waals surface area contributed by atoms with Crippen molar-refractivity contribution in [2.24, 2.45) is 0 Å². The second kappa shape index (κ2) is 7.62. The Hall–Kier alpha value is -1.91. The number of carbonyl (C=O) groups excluding carboxylic acids is 1. The monoisotopic (exact) mass is 278 g/mol. The molecule has 1 rings (SSSR count). The zero-order chi connectivity index (χ0) is 15.1. The largest absolute Gasteiger partial charge is 0.481 e. The van der Waals surface area contributed by atoms with Crippen molar-refractivity contribution in [3.05, 3.63) is 29.1 Å². The van der Waals surface area contributed by atoms with E-state index in [-0.39, 0.29) is 18.4 Å². The van der Waals surface area contributed by atoms with Crippen molar-refractivity contribution >= 4 is 11.9 Å². The Balaban J connectivity index is 2.75. The van der Waals surface area contributed by atoms with E-state index >= 15 is 0 Å². The molecule has 0 radical (unpaired) electrons. The van der Waals surface area contributed by atoms with Gasteiger partial charge in [0.2, 0.25) is 0 Å². The highest BCUT2D eigenvalue weighted by Gasteiger charge is 2.17. The van der Waals surface area contributed by atoms with Crippen molar-refractivity contribution in [2.75, 3.05) is 0 Å². The molecule has 5 nitrogen and oxygen atoms in total. The third kappa shape index (κ3) is 5.38. The van der Waals surface area contributed by atoms with Gasteiger partial charge in [0.05, 0.1) is 6.42 Å². The van der Waals surface area contributed by atoms with Gasteiger partial charge in [0, 0.05) is 23.0 Å². The molecule has 20 heavy (non-hydrogen) atoms. The summed E-state index contributed by atoms with van der Waals surface area (Å²) in [6.45, 7) is 5.69. The first kappa shape index (κ1) is 16.1. The zero-order valence-corrected chi connectivity index (χ0v) is 12.3. The zero-order valence-electron chi connectivity index (χ0n) is 12.3. The summed E-state index contributed by atoms with van der Waals surface area (Å²) in [5.41, 5.74) is 2.08. The van der Waals surface area contributed by atoms with Gasteiger partial charge in [0.15, 0.2) is 0 Å². The number of carbonyl (C=O) groups is 2. The molecule has 0 spiro atoms. The first-order valence-corrected chi connectivity index (χ1v) is 6.90. The number of unbranched alkanes of at least 4 members (excludes halogenated alkanes) is 1. The number of rotatable bonds is 7. The second-order valence-electron chi connectivity index (χ2n) is 5.05. The van der Waals surface area contributed by atoms with E-state index in [1.165, 1.54) is 0 Å². The number of pyridine rings is 1. The maximum absolute atomic E-state index is 12.2. The smallest absolute Gasteiger partial charge is 0.305 e. The van der Waals surface area contributed by atoms with Gasteiger partial charge in [-0.25, -0.2) is 0 Å². The fraction of sp³-hybridized carbons (Fsp3) is 0.533. The van der Waals surface area contributed by atoms with Crippen LogP contribution < -0.4 is 5.32 Å². The van der Waals surface area contributed by atoms with E-state index in [4.69, 9.17) is 5.11 Å². The molecule has 1 aromatic rings.